The average molecular weight is 583 g/mol. The average Bonchev–Trinajstić information content (AvgIpc) is 3.02. The molecule has 1 atom stereocenters. The number of pyridine rings is 1. The third kappa shape index (κ3) is 8.21. The molecular weight excluding hydrogens is 552 g/mol. The first-order valence-electron chi connectivity index (χ1n) is 13.0. The van der Waals surface area contributed by atoms with Crippen molar-refractivity contribution in [2.24, 2.45) is 0 Å². The largest absolute Gasteiger partial charge is 0.493 e. The third-order valence-corrected chi connectivity index (χ3v) is 7.10. The number of carbonyl (C=O) groups is 3. The Labute approximate surface area is 248 Å². The molecule has 0 aliphatic heterocycles. The lowest BCUT2D eigenvalue weighted by Gasteiger charge is -2.14. The Bertz CT molecular complexity index is 1560. The molecule has 4 rings (SSSR count). The first-order chi connectivity index (χ1) is 20.4. The standard InChI is InChI=1S/C32H30N4O5S/c1-21(30(37)34-25-15-17-33-18-16-25)42-26-12-10-24(11-13-26)35-32(39)27(36-31(38)23-7-5-4-6-8-23)19-22-9-14-28(40-2)29(20-22)41-3/h4-21H,1-3H3,(H,35,39)(H,36,38)(H,33,34,37)/b27-19-. The molecule has 1 heterocycles. The number of hydrogen-bond donors (Lipinski definition) is 3. The van der Waals surface area contributed by atoms with Gasteiger partial charge in [0, 0.05) is 34.2 Å². The van der Waals surface area contributed by atoms with Crippen molar-refractivity contribution in [3.8, 4) is 11.5 Å². The van der Waals surface area contributed by atoms with E-state index >= 15 is 0 Å². The third-order valence-electron chi connectivity index (χ3n) is 5.99. The van der Waals surface area contributed by atoms with Gasteiger partial charge < -0.3 is 25.4 Å². The van der Waals surface area contributed by atoms with Gasteiger partial charge in [0.25, 0.3) is 11.8 Å². The zero-order valence-corrected chi connectivity index (χ0v) is 24.1. The van der Waals surface area contributed by atoms with E-state index in [0.717, 1.165) is 4.90 Å². The summed E-state index contributed by atoms with van der Waals surface area (Å²) >= 11 is 1.39. The Kier molecular flexibility index (Phi) is 10.3. The van der Waals surface area contributed by atoms with Crippen LogP contribution in [0.25, 0.3) is 6.08 Å². The number of anilines is 2. The maximum Gasteiger partial charge on any atom is 0.272 e. The molecule has 4 aromatic rings. The summed E-state index contributed by atoms with van der Waals surface area (Å²) in [4.78, 5) is 43.7. The normalized spacial score (nSPS) is 11.6. The Hall–Kier alpha value is -5.09. The van der Waals surface area contributed by atoms with Gasteiger partial charge in [-0.2, -0.15) is 0 Å². The van der Waals surface area contributed by atoms with E-state index in [2.05, 4.69) is 20.9 Å². The van der Waals surface area contributed by atoms with E-state index < -0.39 is 11.8 Å². The molecule has 0 saturated carbocycles. The molecule has 0 radical (unpaired) electrons. The van der Waals surface area contributed by atoms with Crippen molar-refractivity contribution in [1.29, 1.82) is 0 Å². The van der Waals surface area contributed by atoms with Gasteiger partial charge >= 0.3 is 0 Å². The summed E-state index contributed by atoms with van der Waals surface area (Å²) in [6, 6.07) is 24.4. The Balaban J connectivity index is 1.48. The van der Waals surface area contributed by atoms with Crippen molar-refractivity contribution in [1.82, 2.24) is 10.3 Å². The maximum atomic E-state index is 13.4. The first kappa shape index (κ1) is 29.9. The second kappa shape index (κ2) is 14.5. The number of nitrogens with one attached hydrogen (secondary N) is 3. The fraction of sp³-hybridized carbons (Fsp3) is 0.125. The summed E-state index contributed by atoms with van der Waals surface area (Å²) in [6.07, 6.45) is 4.79. The number of nitrogens with zero attached hydrogens (tertiary/aromatic N) is 1. The minimum absolute atomic E-state index is 0.0379. The minimum atomic E-state index is -0.514. The number of ether oxygens (including phenoxy) is 2. The van der Waals surface area contributed by atoms with E-state index in [9.17, 15) is 14.4 Å². The predicted molar refractivity (Wildman–Crippen MR) is 165 cm³/mol. The SMILES string of the molecule is COc1ccc(/C=C(\NC(=O)c2ccccc2)C(=O)Nc2ccc(SC(C)C(=O)Nc3ccncc3)cc2)cc1OC. The van der Waals surface area contributed by atoms with Crippen molar-refractivity contribution in [2.45, 2.75) is 17.1 Å². The summed E-state index contributed by atoms with van der Waals surface area (Å²) in [5.41, 5.74) is 2.27. The number of methoxy groups -OCH3 is 2. The van der Waals surface area contributed by atoms with Crippen LogP contribution in [0.2, 0.25) is 0 Å². The van der Waals surface area contributed by atoms with E-state index in [-0.39, 0.29) is 16.9 Å². The predicted octanol–water partition coefficient (Wildman–Crippen LogP) is 5.63. The molecular formula is C32H30N4O5S. The highest BCUT2D eigenvalue weighted by molar-refractivity contribution is 8.00. The van der Waals surface area contributed by atoms with Crippen LogP contribution in [0, 0.1) is 0 Å². The van der Waals surface area contributed by atoms with Gasteiger partial charge in [-0.05, 0) is 79.2 Å². The fourth-order valence-electron chi connectivity index (χ4n) is 3.80. The highest BCUT2D eigenvalue weighted by Gasteiger charge is 2.17. The molecule has 0 bridgehead atoms. The second-order valence-corrected chi connectivity index (χ2v) is 10.4. The van der Waals surface area contributed by atoms with Gasteiger partial charge in [0.1, 0.15) is 5.70 Å². The molecule has 1 unspecified atom stereocenters. The molecule has 0 spiro atoms. The second-order valence-electron chi connectivity index (χ2n) is 8.96. The van der Waals surface area contributed by atoms with Crippen LogP contribution in [-0.4, -0.2) is 42.2 Å². The van der Waals surface area contributed by atoms with Crippen LogP contribution in [0.4, 0.5) is 11.4 Å². The number of amides is 3. The van der Waals surface area contributed by atoms with Crippen molar-refractivity contribution >= 4 is 46.9 Å². The lowest BCUT2D eigenvalue weighted by molar-refractivity contribution is -0.115. The van der Waals surface area contributed by atoms with E-state index in [1.54, 1.807) is 91.3 Å². The molecule has 214 valence electrons. The van der Waals surface area contributed by atoms with Gasteiger partial charge in [0.15, 0.2) is 11.5 Å². The molecule has 9 nitrogen and oxygen atoms in total. The van der Waals surface area contributed by atoms with E-state index in [1.807, 2.05) is 19.1 Å². The summed E-state index contributed by atoms with van der Waals surface area (Å²) in [6.45, 7) is 1.82. The molecule has 3 amide bonds. The summed E-state index contributed by atoms with van der Waals surface area (Å²) in [7, 11) is 3.06. The van der Waals surface area contributed by atoms with Crippen molar-refractivity contribution in [3.05, 3.63) is 114 Å². The molecule has 0 aliphatic carbocycles. The van der Waals surface area contributed by atoms with Crippen LogP contribution in [0.5, 0.6) is 11.5 Å². The zero-order valence-electron chi connectivity index (χ0n) is 23.3. The smallest absolute Gasteiger partial charge is 0.272 e. The van der Waals surface area contributed by atoms with E-state index in [1.165, 1.54) is 26.0 Å². The number of benzene rings is 3. The molecule has 3 N–H and O–H groups in total. The van der Waals surface area contributed by atoms with Gasteiger partial charge in [0.2, 0.25) is 5.91 Å². The van der Waals surface area contributed by atoms with Crippen LogP contribution in [0.15, 0.2) is 108 Å². The van der Waals surface area contributed by atoms with Gasteiger partial charge in [-0.1, -0.05) is 24.3 Å². The van der Waals surface area contributed by atoms with Crippen LogP contribution >= 0.6 is 11.8 Å². The van der Waals surface area contributed by atoms with Gasteiger partial charge in [-0.3, -0.25) is 19.4 Å². The lowest BCUT2D eigenvalue weighted by atomic mass is 10.1. The van der Waals surface area contributed by atoms with Gasteiger partial charge in [-0.25, -0.2) is 0 Å². The van der Waals surface area contributed by atoms with E-state index in [4.69, 9.17) is 9.47 Å². The quantitative estimate of drug-likeness (QED) is 0.155. The zero-order chi connectivity index (χ0) is 29.9. The molecule has 0 saturated heterocycles. The Morgan fingerprint density at radius 3 is 2.14 bits per heavy atom. The monoisotopic (exact) mass is 582 g/mol. The molecule has 0 fully saturated rings. The van der Waals surface area contributed by atoms with E-state index in [0.29, 0.717) is 34.0 Å². The Morgan fingerprint density at radius 1 is 0.810 bits per heavy atom. The molecule has 3 aromatic carbocycles. The van der Waals surface area contributed by atoms with Crippen molar-refractivity contribution < 1.29 is 23.9 Å². The van der Waals surface area contributed by atoms with Crippen molar-refractivity contribution in [3.63, 3.8) is 0 Å². The summed E-state index contributed by atoms with van der Waals surface area (Å²) in [5, 5.41) is 8.06. The highest BCUT2D eigenvalue weighted by Crippen LogP contribution is 2.29. The number of hydrogen-bond acceptors (Lipinski definition) is 7. The first-order valence-corrected chi connectivity index (χ1v) is 13.8. The number of thioether (sulfide) groups is 1. The highest BCUT2D eigenvalue weighted by atomic mass is 32.2. The number of carbonyl (C=O) groups excluding carboxylic acids is 3. The number of aromatic nitrogens is 1. The van der Waals surface area contributed by atoms with Crippen LogP contribution < -0.4 is 25.4 Å². The van der Waals surface area contributed by atoms with Crippen molar-refractivity contribution in [2.75, 3.05) is 24.9 Å². The fourth-order valence-corrected chi connectivity index (χ4v) is 4.67. The van der Waals surface area contributed by atoms with Gasteiger partial charge in [0.05, 0.1) is 19.5 Å². The van der Waals surface area contributed by atoms with Crippen LogP contribution in [-0.2, 0) is 9.59 Å². The summed E-state index contributed by atoms with van der Waals surface area (Å²) < 4.78 is 10.7. The number of rotatable bonds is 11. The molecule has 42 heavy (non-hydrogen) atoms. The maximum absolute atomic E-state index is 13.4. The molecule has 10 heteroatoms. The topological polar surface area (TPSA) is 119 Å². The summed E-state index contributed by atoms with van der Waals surface area (Å²) in [5.74, 6) is -0.0567. The van der Waals surface area contributed by atoms with Crippen LogP contribution in [0.1, 0.15) is 22.8 Å². The van der Waals surface area contributed by atoms with Gasteiger partial charge in [-0.15, -0.1) is 11.8 Å². The van der Waals surface area contributed by atoms with Crippen LogP contribution in [0.3, 0.4) is 0 Å². The molecule has 0 aliphatic rings. The Morgan fingerprint density at radius 2 is 1.48 bits per heavy atom. The molecule has 1 aromatic heterocycles. The minimum Gasteiger partial charge on any atom is -0.493 e. The lowest BCUT2D eigenvalue weighted by Crippen LogP contribution is -2.30.